The highest BCUT2D eigenvalue weighted by molar-refractivity contribution is 7.89. The van der Waals surface area contributed by atoms with E-state index in [-0.39, 0.29) is 4.90 Å². The van der Waals surface area contributed by atoms with Crippen LogP contribution >= 0.6 is 11.6 Å². The molecule has 0 saturated heterocycles. The second-order valence-electron chi connectivity index (χ2n) is 5.64. The molecule has 0 aliphatic rings. The molecule has 24 heavy (non-hydrogen) atoms. The molecule has 126 valence electrons. The number of fused-ring (bicyclic) bond motifs is 1. The van der Waals surface area contributed by atoms with Gasteiger partial charge in [0.05, 0.1) is 15.9 Å². The van der Waals surface area contributed by atoms with Crippen LogP contribution in [0.3, 0.4) is 0 Å². The van der Waals surface area contributed by atoms with Crippen LogP contribution in [0, 0.1) is 0 Å². The van der Waals surface area contributed by atoms with Gasteiger partial charge in [-0.25, -0.2) is 18.5 Å². The maximum atomic E-state index is 11.6. The third-order valence-electron chi connectivity index (χ3n) is 3.89. The molecular formula is C17H18ClN3O2S. The van der Waals surface area contributed by atoms with Crippen LogP contribution < -0.4 is 5.14 Å². The standard InChI is InChI=1S/C17H18ClN3O2S/c1-2-3-10-21-16-9-8-14(24(19,22)23)11-15(16)20-17(21)12-4-6-13(18)7-5-12/h4-9,11H,2-3,10H2,1H3,(H2,19,22,23). The summed E-state index contributed by atoms with van der Waals surface area (Å²) < 4.78 is 25.3. The van der Waals surface area contributed by atoms with Gasteiger partial charge in [-0.05, 0) is 48.9 Å². The molecule has 1 aromatic heterocycles. The first-order chi connectivity index (χ1) is 11.4. The summed E-state index contributed by atoms with van der Waals surface area (Å²) in [6, 6.07) is 12.3. The highest BCUT2D eigenvalue weighted by Gasteiger charge is 2.15. The summed E-state index contributed by atoms with van der Waals surface area (Å²) >= 11 is 5.96. The Morgan fingerprint density at radius 2 is 1.88 bits per heavy atom. The minimum absolute atomic E-state index is 0.0674. The van der Waals surface area contributed by atoms with Gasteiger partial charge in [0.1, 0.15) is 5.82 Å². The molecule has 0 saturated carbocycles. The first kappa shape index (κ1) is 17.0. The number of unbranched alkanes of at least 4 members (excludes halogenated alkanes) is 1. The first-order valence-electron chi connectivity index (χ1n) is 7.69. The van der Waals surface area contributed by atoms with E-state index in [1.54, 1.807) is 6.07 Å². The maximum Gasteiger partial charge on any atom is 0.238 e. The zero-order valence-corrected chi connectivity index (χ0v) is 14.8. The third-order valence-corrected chi connectivity index (χ3v) is 5.05. The molecule has 0 spiro atoms. The van der Waals surface area contributed by atoms with Gasteiger partial charge in [-0.1, -0.05) is 24.9 Å². The molecular weight excluding hydrogens is 346 g/mol. The third kappa shape index (κ3) is 3.31. The number of aromatic nitrogens is 2. The van der Waals surface area contributed by atoms with Gasteiger partial charge in [0.2, 0.25) is 10.0 Å². The number of rotatable bonds is 5. The summed E-state index contributed by atoms with van der Waals surface area (Å²) in [5, 5.41) is 5.88. The van der Waals surface area contributed by atoms with E-state index in [2.05, 4.69) is 16.5 Å². The van der Waals surface area contributed by atoms with Crippen molar-refractivity contribution in [1.82, 2.24) is 9.55 Å². The normalized spacial score (nSPS) is 12.0. The molecule has 5 nitrogen and oxygen atoms in total. The topological polar surface area (TPSA) is 78.0 Å². The van der Waals surface area contributed by atoms with Gasteiger partial charge >= 0.3 is 0 Å². The van der Waals surface area contributed by atoms with E-state index >= 15 is 0 Å². The second kappa shape index (κ2) is 6.55. The van der Waals surface area contributed by atoms with Gasteiger partial charge in [0, 0.05) is 17.1 Å². The molecule has 7 heteroatoms. The van der Waals surface area contributed by atoms with E-state index in [0.29, 0.717) is 10.5 Å². The monoisotopic (exact) mass is 363 g/mol. The van der Waals surface area contributed by atoms with E-state index < -0.39 is 10.0 Å². The maximum absolute atomic E-state index is 11.6. The molecule has 2 N–H and O–H groups in total. The highest BCUT2D eigenvalue weighted by Crippen LogP contribution is 2.27. The van der Waals surface area contributed by atoms with Crippen molar-refractivity contribution >= 4 is 32.7 Å². The molecule has 3 rings (SSSR count). The van der Waals surface area contributed by atoms with Gasteiger partial charge in [-0.15, -0.1) is 0 Å². The lowest BCUT2D eigenvalue weighted by atomic mass is 10.2. The van der Waals surface area contributed by atoms with Gasteiger partial charge in [-0.2, -0.15) is 0 Å². The number of nitrogens with two attached hydrogens (primary N) is 1. The van der Waals surface area contributed by atoms with E-state index in [4.69, 9.17) is 16.7 Å². The van der Waals surface area contributed by atoms with Crippen LogP contribution in [0.4, 0.5) is 0 Å². The van der Waals surface area contributed by atoms with Gasteiger partial charge in [0.15, 0.2) is 0 Å². The van der Waals surface area contributed by atoms with E-state index in [1.807, 2.05) is 24.3 Å². The molecule has 2 aromatic carbocycles. The summed E-state index contributed by atoms with van der Waals surface area (Å²) in [4.78, 5) is 4.71. The van der Waals surface area contributed by atoms with Crippen molar-refractivity contribution in [3.8, 4) is 11.4 Å². The summed E-state index contributed by atoms with van der Waals surface area (Å²) in [6.45, 7) is 2.93. The largest absolute Gasteiger partial charge is 0.324 e. The summed E-state index contributed by atoms with van der Waals surface area (Å²) in [6.07, 6.45) is 2.05. The SMILES string of the molecule is CCCCn1c(-c2ccc(Cl)cc2)nc2cc(S(N)(=O)=O)ccc21. The quantitative estimate of drug-likeness (QED) is 0.748. The Balaban J connectivity index is 2.20. The average molecular weight is 364 g/mol. The van der Waals surface area contributed by atoms with Crippen LogP contribution in [-0.2, 0) is 16.6 Å². The number of primary sulfonamides is 1. The highest BCUT2D eigenvalue weighted by atomic mass is 35.5. The number of halogens is 1. The lowest BCUT2D eigenvalue weighted by Gasteiger charge is -2.09. The second-order valence-corrected chi connectivity index (χ2v) is 7.64. The molecule has 0 amide bonds. The fraction of sp³-hybridized carbons (Fsp3) is 0.235. The number of hydrogen-bond donors (Lipinski definition) is 1. The van der Waals surface area contributed by atoms with Gasteiger partial charge in [0.25, 0.3) is 0 Å². The molecule has 0 aliphatic heterocycles. The van der Waals surface area contributed by atoms with Crippen LogP contribution in [0.5, 0.6) is 0 Å². The molecule has 0 radical (unpaired) electrons. The minimum atomic E-state index is -3.75. The molecule has 0 unspecified atom stereocenters. The fourth-order valence-electron chi connectivity index (χ4n) is 2.65. The number of aryl methyl sites for hydroxylation is 1. The number of sulfonamides is 1. The van der Waals surface area contributed by atoms with E-state index in [0.717, 1.165) is 36.3 Å². The minimum Gasteiger partial charge on any atom is -0.324 e. The first-order valence-corrected chi connectivity index (χ1v) is 9.61. The Morgan fingerprint density at radius 1 is 1.17 bits per heavy atom. The van der Waals surface area contributed by atoms with Crippen LogP contribution in [0.2, 0.25) is 5.02 Å². The Morgan fingerprint density at radius 3 is 2.50 bits per heavy atom. The van der Waals surface area contributed by atoms with Crippen molar-refractivity contribution in [1.29, 1.82) is 0 Å². The molecule has 0 fully saturated rings. The van der Waals surface area contributed by atoms with Crippen LogP contribution in [0.15, 0.2) is 47.4 Å². The number of benzene rings is 2. The lowest BCUT2D eigenvalue weighted by molar-refractivity contribution is 0.598. The molecule has 0 atom stereocenters. The van der Waals surface area contributed by atoms with E-state index in [1.165, 1.54) is 12.1 Å². The predicted molar refractivity (Wildman–Crippen MR) is 96.5 cm³/mol. The fourth-order valence-corrected chi connectivity index (χ4v) is 3.31. The number of nitrogens with zero attached hydrogens (tertiary/aromatic N) is 2. The van der Waals surface area contributed by atoms with Crippen LogP contribution in [0.25, 0.3) is 22.4 Å². The van der Waals surface area contributed by atoms with E-state index in [9.17, 15) is 8.42 Å². The molecule has 1 heterocycles. The molecule has 0 aliphatic carbocycles. The van der Waals surface area contributed by atoms with Crippen LogP contribution in [0.1, 0.15) is 19.8 Å². The summed E-state index contributed by atoms with van der Waals surface area (Å²) in [5.74, 6) is 0.793. The van der Waals surface area contributed by atoms with Gasteiger partial charge in [-0.3, -0.25) is 0 Å². The molecule has 0 bridgehead atoms. The zero-order chi connectivity index (χ0) is 17.3. The number of hydrogen-bond acceptors (Lipinski definition) is 3. The Hall–Kier alpha value is -1.89. The van der Waals surface area contributed by atoms with Crippen molar-refractivity contribution in [3.63, 3.8) is 0 Å². The lowest BCUT2D eigenvalue weighted by Crippen LogP contribution is -2.11. The van der Waals surface area contributed by atoms with Crippen molar-refractivity contribution in [2.75, 3.05) is 0 Å². The summed E-state index contributed by atoms with van der Waals surface area (Å²) in [7, 11) is -3.75. The Labute approximate surface area is 146 Å². The van der Waals surface area contributed by atoms with Crippen molar-refractivity contribution in [2.24, 2.45) is 5.14 Å². The molecule has 3 aromatic rings. The Kier molecular flexibility index (Phi) is 4.62. The summed E-state index contributed by atoms with van der Waals surface area (Å²) in [5.41, 5.74) is 2.44. The Bertz CT molecular complexity index is 979. The van der Waals surface area contributed by atoms with Crippen molar-refractivity contribution in [2.45, 2.75) is 31.2 Å². The zero-order valence-electron chi connectivity index (χ0n) is 13.2. The van der Waals surface area contributed by atoms with Crippen molar-refractivity contribution in [3.05, 3.63) is 47.5 Å². The van der Waals surface area contributed by atoms with Gasteiger partial charge < -0.3 is 4.57 Å². The van der Waals surface area contributed by atoms with Crippen LogP contribution in [-0.4, -0.2) is 18.0 Å². The van der Waals surface area contributed by atoms with Crippen molar-refractivity contribution < 1.29 is 8.42 Å². The smallest absolute Gasteiger partial charge is 0.238 e. The number of imidazole rings is 1. The predicted octanol–water partition coefficient (Wildman–Crippen LogP) is 3.80. The average Bonchev–Trinajstić information content (AvgIpc) is 2.90.